The first-order valence-electron chi connectivity index (χ1n) is 11.6. The minimum atomic E-state index is -0.701. The van der Waals surface area contributed by atoms with E-state index in [1.165, 1.54) is 28.0 Å². The number of allylic oxidation sites excluding steroid dienone is 1. The number of aromatic nitrogens is 1. The summed E-state index contributed by atoms with van der Waals surface area (Å²) in [5.74, 6) is 0.423. The lowest BCUT2D eigenvalue weighted by atomic mass is 9.96. The van der Waals surface area contributed by atoms with Crippen LogP contribution in [0.15, 0.2) is 90.6 Å². The number of esters is 1. The van der Waals surface area contributed by atoms with Crippen molar-refractivity contribution in [2.45, 2.75) is 19.9 Å². The van der Waals surface area contributed by atoms with E-state index in [0.29, 0.717) is 37.7 Å². The SMILES string of the molecule is CCOC(=O)C1=C(C)N=c2s/c(=C\c3ccc(-c4ccc([N+](=O)[O-])cc4)o3)c(=O)n2[C@@H]1c1ccc(Br)cc1. The molecule has 0 saturated heterocycles. The van der Waals surface area contributed by atoms with Crippen molar-refractivity contribution in [1.29, 1.82) is 0 Å². The van der Waals surface area contributed by atoms with Crippen molar-refractivity contribution in [3.05, 3.63) is 118 Å². The Kier molecular flexibility index (Phi) is 6.96. The van der Waals surface area contributed by atoms with Crippen LogP contribution in [0, 0.1) is 10.1 Å². The molecule has 2 aromatic carbocycles. The second-order valence-corrected chi connectivity index (χ2v) is 10.3. The van der Waals surface area contributed by atoms with E-state index in [0.717, 1.165) is 10.0 Å². The lowest BCUT2D eigenvalue weighted by Crippen LogP contribution is -2.39. The van der Waals surface area contributed by atoms with Crippen LogP contribution in [0.1, 0.15) is 31.2 Å². The number of halogens is 1. The minimum Gasteiger partial charge on any atom is -0.463 e. The zero-order chi connectivity index (χ0) is 27.0. The predicted molar refractivity (Wildman–Crippen MR) is 145 cm³/mol. The fourth-order valence-corrected chi connectivity index (χ4v) is 5.51. The Morgan fingerprint density at radius 3 is 2.55 bits per heavy atom. The van der Waals surface area contributed by atoms with Gasteiger partial charge in [0.1, 0.15) is 11.5 Å². The number of carbonyl (C=O) groups is 1. The van der Waals surface area contributed by atoms with E-state index in [1.807, 2.05) is 24.3 Å². The third-order valence-electron chi connectivity index (χ3n) is 5.97. The standard InChI is InChI=1S/C27H20BrN3O6S/c1-3-36-26(33)23-15(2)29-27-30(24(23)17-4-8-18(28)9-5-17)25(32)22(38-27)14-20-12-13-21(37-20)16-6-10-19(11-7-16)31(34)35/h4-14,24H,3H2,1-2H3/b22-14-/t24-/m1/s1. The summed E-state index contributed by atoms with van der Waals surface area (Å²) in [5, 5.41) is 10.9. The largest absolute Gasteiger partial charge is 0.463 e. The highest BCUT2D eigenvalue weighted by atomic mass is 79.9. The normalized spacial score (nSPS) is 15.2. The number of ether oxygens (including phenoxy) is 1. The van der Waals surface area contributed by atoms with Gasteiger partial charge < -0.3 is 9.15 Å². The molecule has 38 heavy (non-hydrogen) atoms. The maximum absolute atomic E-state index is 13.7. The Morgan fingerprint density at radius 2 is 1.89 bits per heavy atom. The molecule has 11 heteroatoms. The van der Waals surface area contributed by atoms with Crippen LogP contribution in [0.5, 0.6) is 0 Å². The van der Waals surface area contributed by atoms with E-state index in [9.17, 15) is 19.7 Å². The van der Waals surface area contributed by atoms with Crippen LogP contribution in [0.4, 0.5) is 5.69 Å². The topological polar surface area (TPSA) is 117 Å². The summed E-state index contributed by atoms with van der Waals surface area (Å²) in [4.78, 5) is 42.1. The predicted octanol–water partition coefficient (Wildman–Crippen LogP) is 4.73. The minimum absolute atomic E-state index is 0.0144. The van der Waals surface area contributed by atoms with Crippen molar-refractivity contribution in [3.63, 3.8) is 0 Å². The molecule has 0 N–H and O–H groups in total. The molecular weight excluding hydrogens is 574 g/mol. The first-order chi connectivity index (χ1) is 18.3. The summed E-state index contributed by atoms with van der Waals surface area (Å²) in [6.07, 6.45) is 1.63. The van der Waals surface area contributed by atoms with Crippen LogP contribution in [0.25, 0.3) is 17.4 Å². The Bertz CT molecular complexity index is 1760. The number of nitro benzene ring substituents is 1. The van der Waals surface area contributed by atoms with Gasteiger partial charge in [0, 0.05) is 28.2 Å². The van der Waals surface area contributed by atoms with Crippen molar-refractivity contribution in [3.8, 4) is 11.3 Å². The van der Waals surface area contributed by atoms with Crippen LogP contribution in [0.2, 0.25) is 0 Å². The molecule has 0 aliphatic carbocycles. The van der Waals surface area contributed by atoms with E-state index in [1.54, 1.807) is 44.2 Å². The molecule has 0 bridgehead atoms. The highest BCUT2D eigenvalue weighted by molar-refractivity contribution is 9.10. The van der Waals surface area contributed by atoms with E-state index in [4.69, 9.17) is 9.15 Å². The number of nitro groups is 1. The van der Waals surface area contributed by atoms with Gasteiger partial charge in [0.25, 0.3) is 11.2 Å². The highest BCUT2D eigenvalue weighted by Crippen LogP contribution is 2.31. The van der Waals surface area contributed by atoms with Gasteiger partial charge in [-0.25, -0.2) is 9.79 Å². The third-order valence-corrected chi connectivity index (χ3v) is 7.48. The maximum atomic E-state index is 13.7. The first kappa shape index (κ1) is 25.6. The molecule has 1 atom stereocenters. The zero-order valence-corrected chi connectivity index (χ0v) is 22.6. The van der Waals surface area contributed by atoms with Gasteiger partial charge in [-0.15, -0.1) is 0 Å². The molecule has 0 spiro atoms. The second kappa shape index (κ2) is 10.3. The summed E-state index contributed by atoms with van der Waals surface area (Å²) >= 11 is 4.63. The molecule has 1 aliphatic heterocycles. The van der Waals surface area contributed by atoms with Crippen LogP contribution in [-0.2, 0) is 9.53 Å². The Morgan fingerprint density at radius 1 is 1.18 bits per heavy atom. The number of non-ortho nitro benzene ring substituents is 1. The van der Waals surface area contributed by atoms with E-state index >= 15 is 0 Å². The molecule has 0 saturated carbocycles. The van der Waals surface area contributed by atoms with Crippen molar-refractivity contribution in [2.24, 2.45) is 4.99 Å². The van der Waals surface area contributed by atoms with Crippen molar-refractivity contribution in [2.75, 3.05) is 6.61 Å². The monoisotopic (exact) mass is 593 g/mol. The van der Waals surface area contributed by atoms with E-state index in [2.05, 4.69) is 20.9 Å². The van der Waals surface area contributed by atoms with Crippen molar-refractivity contribution < 1.29 is 18.9 Å². The molecule has 1 aliphatic rings. The second-order valence-electron chi connectivity index (χ2n) is 8.36. The molecule has 9 nitrogen and oxygen atoms in total. The van der Waals surface area contributed by atoms with Gasteiger partial charge in [0.15, 0.2) is 4.80 Å². The number of nitrogens with zero attached hydrogens (tertiary/aromatic N) is 3. The molecule has 2 aromatic heterocycles. The number of benzene rings is 2. The molecule has 4 aromatic rings. The summed E-state index contributed by atoms with van der Waals surface area (Å²) in [7, 11) is 0. The van der Waals surface area contributed by atoms with Gasteiger partial charge in [0.2, 0.25) is 0 Å². The molecule has 192 valence electrons. The molecule has 0 amide bonds. The number of furan rings is 1. The summed E-state index contributed by atoms with van der Waals surface area (Å²) in [5.41, 5.74) is 1.89. The number of carbonyl (C=O) groups excluding carboxylic acids is 1. The number of rotatable bonds is 6. The van der Waals surface area contributed by atoms with Crippen LogP contribution >= 0.6 is 27.3 Å². The summed E-state index contributed by atoms with van der Waals surface area (Å²) in [6, 6.07) is 16.2. The molecule has 0 unspecified atom stereocenters. The first-order valence-corrected chi connectivity index (χ1v) is 13.2. The third kappa shape index (κ3) is 4.77. The molecule has 0 fully saturated rings. The number of hydrogen-bond donors (Lipinski definition) is 0. The van der Waals surface area contributed by atoms with Gasteiger partial charge in [0.05, 0.1) is 33.4 Å². The number of thiazole rings is 1. The number of hydrogen-bond acceptors (Lipinski definition) is 8. The fourth-order valence-electron chi connectivity index (χ4n) is 4.21. The van der Waals surface area contributed by atoms with Gasteiger partial charge in [-0.2, -0.15) is 0 Å². The molecular formula is C27H20BrN3O6S. The summed E-state index contributed by atoms with van der Waals surface area (Å²) in [6.45, 7) is 3.66. The lowest BCUT2D eigenvalue weighted by molar-refractivity contribution is -0.384. The van der Waals surface area contributed by atoms with E-state index in [-0.39, 0.29) is 17.9 Å². The average molecular weight is 594 g/mol. The highest BCUT2D eigenvalue weighted by Gasteiger charge is 2.33. The van der Waals surface area contributed by atoms with Crippen molar-refractivity contribution >= 4 is 45.0 Å². The zero-order valence-electron chi connectivity index (χ0n) is 20.2. The van der Waals surface area contributed by atoms with Gasteiger partial charge in [-0.1, -0.05) is 39.4 Å². The Balaban J connectivity index is 1.59. The molecule has 3 heterocycles. The number of fused-ring (bicyclic) bond motifs is 1. The molecule has 5 rings (SSSR count). The van der Waals surface area contributed by atoms with Gasteiger partial charge >= 0.3 is 5.97 Å². The van der Waals surface area contributed by atoms with Gasteiger partial charge in [-0.05, 0) is 55.8 Å². The molecule has 0 radical (unpaired) electrons. The van der Waals surface area contributed by atoms with Crippen molar-refractivity contribution in [1.82, 2.24) is 4.57 Å². The Hall–Kier alpha value is -4.09. The van der Waals surface area contributed by atoms with Crippen LogP contribution in [-0.4, -0.2) is 22.1 Å². The average Bonchev–Trinajstić information content (AvgIpc) is 3.48. The smallest absolute Gasteiger partial charge is 0.338 e. The summed E-state index contributed by atoms with van der Waals surface area (Å²) < 4.78 is 14.0. The van der Waals surface area contributed by atoms with Gasteiger partial charge in [-0.3, -0.25) is 19.5 Å². The lowest BCUT2D eigenvalue weighted by Gasteiger charge is -2.24. The quantitative estimate of drug-likeness (QED) is 0.181. The fraction of sp³-hybridized carbons (Fsp3) is 0.148. The van der Waals surface area contributed by atoms with Crippen LogP contribution < -0.4 is 14.9 Å². The van der Waals surface area contributed by atoms with E-state index < -0.39 is 16.9 Å². The maximum Gasteiger partial charge on any atom is 0.338 e. The Labute approximate surface area is 228 Å². The van der Waals surface area contributed by atoms with Crippen LogP contribution in [0.3, 0.4) is 0 Å².